The van der Waals surface area contributed by atoms with Crippen molar-refractivity contribution in [2.75, 3.05) is 0 Å². The molecule has 9 nitrogen and oxygen atoms in total. The van der Waals surface area contributed by atoms with Gasteiger partial charge in [0.2, 0.25) is 6.29 Å². The number of aliphatic hydroxyl groups excluding tert-OH is 3. The second-order valence-corrected chi connectivity index (χ2v) is 6.45. The molecule has 11 heteroatoms. The summed E-state index contributed by atoms with van der Waals surface area (Å²) >= 11 is 0. The SMILES string of the molecule is CCc1cc(=O)oc2c(C(F)F)c(OC3OC(C(=O)O)C(O)C(O)C3O)ccc12. The normalized spacial score (nSPS) is 27.3. The first-order chi connectivity index (χ1) is 13.6. The van der Waals surface area contributed by atoms with Crippen molar-refractivity contribution in [2.45, 2.75) is 50.5 Å². The van der Waals surface area contributed by atoms with E-state index in [1.54, 1.807) is 6.92 Å². The number of aryl methyl sites for hydroxylation is 1. The number of rotatable bonds is 5. The predicted octanol–water partition coefficient (Wildman–Crippen LogP) is 0.564. The van der Waals surface area contributed by atoms with Crippen molar-refractivity contribution in [3.05, 3.63) is 39.7 Å². The summed E-state index contributed by atoms with van der Waals surface area (Å²) in [6.07, 6.45) is -12.5. The van der Waals surface area contributed by atoms with Crippen LogP contribution in [0.3, 0.4) is 0 Å². The number of ether oxygens (including phenoxy) is 2. The zero-order valence-electron chi connectivity index (χ0n) is 15.0. The Kier molecular flexibility index (Phi) is 5.85. The standard InChI is InChI=1S/C18H18F2O9/c1-2-6-5-9(21)28-14-7(6)3-4-8(10(14)16(19)20)27-18-13(24)11(22)12(23)15(29-18)17(25)26/h3-5,11-13,15-16,18,22-24H,2H2,1H3,(H,25,26). The van der Waals surface area contributed by atoms with Gasteiger partial charge in [-0.25, -0.2) is 18.4 Å². The minimum absolute atomic E-state index is 0.263. The fraction of sp³-hybridized carbons (Fsp3) is 0.444. The van der Waals surface area contributed by atoms with Gasteiger partial charge in [-0.05, 0) is 24.1 Å². The van der Waals surface area contributed by atoms with Crippen LogP contribution in [0.2, 0.25) is 0 Å². The maximum absolute atomic E-state index is 13.8. The highest BCUT2D eigenvalue weighted by molar-refractivity contribution is 5.85. The number of fused-ring (bicyclic) bond motifs is 1. The number of halogens is 2. The average molecular weight is 416 g/mol. The van der Waals surface area contributed by atoms with Crippen molar-refractivity contribution in [3.8, 4) is 5.75 Å². The molecule has 1 aromatic heterocycles. The van der Waals surface area contributed by atoms with Gasteiger partial charge in [-0.1, -0.05) is 6.92 Å². The van der Waals surface area contributed by atoms with E-state index in [2.05, 4.69) is 0 Å². The van der Waals surface area contributed by atoms with Crippen LogP contribution >= 0.6 is 0 Å². The number of hydrogen-bond acceptors (Lipinski definition) is 8. The number of aliphatic carboxylic acids is 1. The number of benzene rings is 1. The first kappa shape index (κ1) is 21.1. The van der Waals surface area contributed by atoms with Gasteiger partial charge in [0.1, 0.15) is 29.6 Å². The molecule has 0 spiro atoms. The van der Waals surface area contributed by atoms with Gasteiger partial charge in [0.05, 0.1) is 0 Å². The zero-order valence-corrected chi connectivity index (χ0v) is 15.0. The number of alkyl halides is 2. The molecule has 0 saturated carbocycles. The molecular formula is C18H18F2O9. The highest BCUT2D eigenvalue weighted by atomic mass is 19.3. The van der Waals surface area contributed by atoms with Crippen LogP contribution in [-0.4, -0.2) is 57.1 Å². The summed E-state index contributed by atoms with van der Waals surface area (Å²) in [6, 6.07) is 3.68. The summed E-state index contributed by atoms with van der Waals surface area (Å²) in [5.74, 6) is -2.19. The summed E-state index contributed by atoms with van der Waals surface area (Å²) in [5, 5.41) is 38.9. The van der Waals surface area contributed by atoms with Crippen LogP contribution in [-0.2, 0) is 16.0 Å². The summed E-state index contributed by atoms with van der Waals surface area (Å²) in [4.78, 5) is 22.9. The number of carboxylic acid groups (broad SMARTS) is 1. The highest BCUT2D eigenvalue weighted by Crippen LogP contribution is 2.38. The highest BCUT2D eigenvalue weighted by Gasteiger charge is 2.48. The molecule has 0 radical (unpaired) electrons. The first-order valence-corrected chi connectivity index (χ1v) is 8.62. The smallest absolute Gasteiger partial charge is 0.336 e. The van der Waals surface area contributed by atoms with Gasteiger partial charge in [-0.3, -0.25) is 0 Å². The van der Waals surface area contributed by atoms with Crippen LogP contribution < -0.4 is 10.4 Å². The van der Waals surface area contributed by atoms with Gasteiger partial charge in [-0.2, -0.15) is 0 Å². The quantitative estimate of drug-likeness (QED) is 0.514. The number of carbonyl (C=O) groups is 1. The molecule has 5 atom stereocenters. The van der Waals surface area contributed by atoms with Crippen LogP contribution in [0.4, 0.5) is 8.78 Å². The van der Waals surface area contributed by atoms with E-state index < -0.39 is 65.6 Å². The molecular weight excluding hydrogens is 398 g/mol. The van der Waals surface area contributed by atoms with Gasteiger partial charge in [0.25, 0.3) is 6.43 Å². The molecule has 1 saturated heterocycles. The van der Waals surface area contributed by atoms with Gasteiger partial charge < -0.3 is 34.3 Å². The average Bonchev–Trinajstić information content (AvgIpc) is 2.66. The summed E-state index contributed by atoms with van der Waals surface area (Å²) in [5.41, 5.74) is -1.57. The van der Waals surface area contributed by atoms with E-state index in [0.717, 1.165) is 6.07 Å². The molecule has 1 aromatic carbocycles. The summed E-state index contributed by atoms with van der Waals surface area (Å²) in [6.45, 7) is 1.73. The van der Waals surface area contributed by atoms with E-state index in [4.69, 9.17) is 19.0 Å². The second-order valence-electron chi connectivity index (χ2n) is 6.45. The Bertz CT molecular complexity index is 974. The zero-order chi connectivity index (χ0) is 21.5. The van der Waals surface area contributed by atoms with E-state index in [-0.39, 0.29) is 5.39 Å². The molecule has 158 valence electrons. The van der Waals surface area contributed by atoms with Crippen molar-refractivity contribution in [3.63, 3.8) is 0 Å². The molecule has 3 rings (SSSR count). The van der Waals surface area contributed by atoms with Crippen molar-refractivity contribution >= 4 is 16.9 Å². The lowest BCUT2D eigenvalue weighted by Crippen LogP contribution is -2.61. The summed E-state index contributed by atoms with van der Waals surface area (Å²) in [7, 11) is 0. The van der Waals surface area contributed by atoms with E-state index in [0.29, 0.717) is 12.0 Å². The van der Waals surface area contributed by atoms with Crippen LogP contribution in [0.25, 0.3) is 11.0 Å². The Morgan fingerprint density at radius 1 is 1.21 bits per heavy atom. The molecule has 1 aliphatic rings. The molecule has 1 aliphatic heterocycles. The van der Waals surface area contributed by atoms with E-state index in [9.17, 15) is 33.7 Å². The summed E-state index contributed by atoms with van der Waals surface area (Å²) < 4.78 is 42.7. The Hall–Kier alpha value is -2.60. The van der Waals surface area contributed by atoms with E-state index in [1.165, 1.54) is 12.1 Å². The minimum atomic E-state index is -3.16. The molecule has 29 heavy (non-hydrogen) atoms. The van der Waals surface area contributed by atoms with Crippen LogP contribution in [0, 0.1) is 0 Å². The molecule has 2 heterocycles. The van der Waals surface area contributed by atoms with E-state index in [1.807, 2.05) is 0 Å². The molecule has 0 bridgehead atoms. The van der Waals surface area contributed by atoms with Crippen LogP contribution in [0.5, 0.6) is 5.75 Å². The number of carboxylic acids is 1. The maximum atomic E-state index is 13.8. The minimum Gasteiger partial charge on any atom is -0.479 e. The third-order valence-corrected chi connectivity index (χ3v) is 4.65. The lowest BCUT2D eigenvalue weighted by atomic mass is 9.99. The fourth-order valence-electron chi connectivity index (χ4n) is 3.17. The monoisotopic (exact) mass is 416 g/mol. The maximum Gasteiger partial charge on any atom is 0.336 e. The first-order valence-electron chi connectivity index (χ1n) is 8.62. The Balaban J connectivity index is 2.07. The van der Waals surface area contributed by atoms with Crippen LogP contribution in [0.15, 0.2) is 27.4 Å². The number of hydrogen-bond donors (Lipinski definition) is 4. The topological polar surface area (TPSA) is 147 Å². The Labute approximate surface area is 161 Å². The number of aliphatic hydroxyl groups is 3. The largest absolute Gasteiger partial charge is 0.479 e. The van der Waals surface area contributed by atoms with Crippen LogP contribution in [0.1, 0.15) is 24.5 Å². The molecule has 5 unspecified atom stereocenters. The fourth-order valence-corrected chi connectivity index (χ4v) is 3.17. The third-order valence-electron chi connectivity index (χ3n) is 4.65. The van der Waals surface area contributed by atoms with Gasteiger partial charge >= 0.3 is 11.6 Å². The van der Waals surface area contributed by atoms with Crippen molar-refractivity contribution < 1.29 is 47.9 Å². The van der Waals surface area contributed by atoms with Crippen molar-refractivity contribution in [1.29, 1.82) is 0 Å². The molecule has 0 amide bonds. The molecule has 0 aliphatic carbocycles. The van der Waals surface area contributed by atoms with Gasteiger partial charge in [0, 0.05) is 11.5 Å². The molecule has 2 aromatic rings. The lowest BCUT2D eigenvalue weighted by Gasteiger charge is -2.38. The molecule has 4 N–H and O–H groups in total. The Morgan fingerprint density at radius 2 is 1.90 bits per heavy atom. The Morgan fingerprint density at radius 3 is 2.48 bits per heavy atom. The predicted molar refractivity (Wildman–Crippen MR) is 91.8 cm³/mol. The lowest BCUT2D eigenvalue weighted by molar-refractivity contribution is -0.271. The van der Waals surface area contributed by atoms with Crippen molar-refractivity contribution in [1.82, 2.24) is 0 Å². The van der Waals surface area contributed by atoms with E-state index >= 15 is 0 Å². The molecule has 1 fully saturated rings. The van der Waals surface area contributed by atoms with Crippen molar-refractivity contribution in [2.24, 2.45) is 0 Å². The van der Waals surface area contributed by atoms with Gasteiger partial charge in [0.15, 0.2) is 11.7 Å². The van der Waals surface area contributed by atoms with Gasteiger partial charge in [-0.15, -0.1) is 0 Å². The second kappa shape index (κ2) is 8.03. The third kappa shape index (κ3) is 3.81.